The van der Waals surface area contributed by atoms with Crippen LogP contribution in [0.15, 0.2) is 11.6 Å². The summed E-state index contributed by atoms with van der Waals surface area (Å²) in [6.07, 6.45) is 1.17. The van der Waals surface area contributed by atoms with Gasteiger partial charge in [-0.15, -0.1) is 0 Å². The second-order valence-electron chi connectivity index (χ2n) is 2.10. The van der Waals surface area contributed by atoms with E-state index in [2.05, 4.69) is 4.74 Å². The van der Waals surface area contributed by atoms with Crippen molar-refractivity contribution in [2.75, 3.05) is 6.61 Å². The van der Waals surface area contributed by atoms with Crippen LogP contribution >= 0.6 is 0 Å². The van der Waals surface area contributed by atoms with Crippen LogP contribution in [0.3, 0.4) is 0 Å². The first-order valence-electron chi connectivity index (χ1n) is 3.65. The summed E-state index contributed by atoms with van der Waals surface area (Å²) in [4.78, 5) is 21.2. The van der Waals surface area contributed by atoms with Gasteiger partial charge in [0.15, 0.2) is 0 Å². The van der Waals surface area contributed by atoms with Crippen molar-refractivity contribution in [2.24, 2.45) is 0 Å². The van der Waals surface area contributed by atoms with Crippen LogP contribution in [-0.4, -0.2) is 23.7 Å². The number of hydrogen-bond acceptors (Lipinski definition) is 3. The van der Waals surface area contributed by atoms with E-state index in [1.807, 2.05) is 0 Å². The van der Waals surface area contributed by atoms with Gasteiger partial charge in [-0.05, 0) is 13.8 Å². The largest absolute Gasteiger partial charge is 0.481 e. The van der Waals surface area contributed by atoms with Crippen molar-refractivity contribution < 1.29 is 19.4 Å². The lowest BCUT2D eigenvalue weighted by Crippen LogP contribution is -2.11. The van der Waals surface area contributed by atoms with Gasteiger partial charge >= 0.3 is 11.9 Å². The molecule has 0 aromatic heterocycles. The van der Waals surface area contributed by atoms with Gasteiger partial charge in [0.05, 0.1) is 13.0 Å². The molecule has 4 heteroatoms. The Morgan fingerprint density at radius 2 is 2.08 bits per heavy atom. The normalized spacial score (nSPS) is 11.0. The molecule has 0 aromatic carbocycles. The first-order valence-corrected chi connectivity index (χ1v) is 3.65. The molecule has 0 rings (SSSR count). The Morgan fingerprint density at radius 1 is 1.50 bits per heavy atom. The van der Waals surface area contributed by atoms with Crippen molar-refractivity contribution in [2.45, 2.75) is 20.3 Å². The Bertz CT molecular complexity index is 205. The van der Waals surface area contributed by atoms with Crippen molar-refractivity contribution in [3.05, 3.63) is 11.6 Å². The van der Waals surface area contributed by atoms with E-state index in [0.717, 1.165) is 0 Å². The maximum absolute atomic E-state index is 11.0. The van der Waals surface area contributed by atoms with Gasteiger partial charge in [0.1, 0.15) is 0 Å². The topological polar surface area (TPSA) is 63.6 Å². The van der Waals surface area contributed by atoms with Gasteiger partial charge in [0, 0.05) is 5.57 Å². The number of allylic oxidation sites excluding steroid dienone is 1. The van der Waals surface area contributed by atoms with E-state index in [0.29, 0.717) is 0 Å². The molecule has 0 bridgehead atoms. The molecule has 1 N–H and O–H groups in total. The molecule has 68 valence electrons. The lowest BCUT2D eigenvalue weighted by molar-refractivity contribution is -0.142. The summed E-state index contributed by atoms with van der Waals surface area (Å²) in [5, 5.41) is 8.38. The number of aliphatic carboxylic acids is 1. The SMILES string of the molecule is CC=C(CC(=O)O)C(=O)OCC. The predicted molar refractivity (Wildman–Crippen MR) is 42.6 cm³/mol. The summed E-state index contributed by atoms with van der Waals surface area (Å²) in [5.74, 6) is -1.58. The molecule has 4 nitrogen and oxygen atoms in total. The fraction of sp³-hybridized carbons (Fsp3) is 0.500. The van der Waals surface area contributed by atoms with Crippen LogP contribution in [0.25, 0.3) is 0 Å². The highest BCUT2D eigenvalue weighted by molar-refractivity contribution is 5.93. The minimum absolute atomic E-state index is 0.185. The molecule has 0 saturated heterocycles. The summed E-state index contributed by atoms with van der Waals surface area (Å²) in [6, 6.07) is 0. The highest BCUT2D eigenvalue weighted by Gasteiger charge is 2.12. The van der Waals surface area contributed by atoms with Crippen LogP contribution in [0.5, 0.6) is 0 Å². The molecule has 0 aliphatic carbocycles. The van der Waals surface area contributed by atoms with E-state index in [-0.39, 0.29) is 18.6 Å². The van der Waals surface area contributed by atoms with Crippen LogP contribution in [-0.2, 0) is 14.3 Å². The Kier molecular flexibility index (Phi) is 4.76. The minimum atomic E-state index is -1.03. The van der Waals surface area contributed by atoms with Crippen LogP contribution in [0.1, 0.15) is 20.3 Å². The van der Waals surface area contributed by atoms with E-state index in [1.165, 1.54) is 6.08 Å². The van der Waals surface area contributed by atoms with E-state index < -0.39 is 11.9 Å². The van der Waals surface area contributed by atoms with Gasteiger partial charge in [0.25, 0.3) is 0 Å². The van der Waals surface area contributed by atoms with Gasteiger partial charge in [-0.25, -0.2) is 4.79 Å². The van der Waals surface area contributed by atoms with Crippen molar-refractivity contribution in [1.29, 1.82) is 0 Å². The van der Waals surface area contributed by atoms with E-state index >= 15 is 0 Å². The van der Waals surface area contributed by atoms with E-state index in [1.54, 1.807) is 13.8 Å². The molecule has 0 radical (unpaired) electrons. The monoisotopic (exact) mass is 172 g/mol. The molecule has 0 aliphatic rings. The lowest BCUT2D eigenvalue weighted by atomic mass is 10.2. The smallest absolute Gasteiger partial charge is 0.334 e. The third kappa shape index (κ3) is 3.75. The Morgan fingerprint density at radius 3 is 2.42 bits per heavy atom. The molecule has 0 heterocycles. The van der Waals surface area contributed by atoms with Crippen molar-refractivity contribution >= 4 is 11.9 Å². The second-order valence-corrected chi connectivity index (χ2v) is 2.10. The van der Waals surface area contributed by atoms with Crippen LogP contribution in [0.4, 0.5) is 0 Å². The van der Waals surface area contributed by atoms with E-state index in [9.17, 15) is 9.59 Å². The number of esters is 1. The van der Waals surface area contributed by atoms with Crippen LogP contribution in [0, 0.1) is 0 Å². The average molecular weight is 172 g/mol. The summed E-state index contributed by atoms with van der Waals surface area (Å²) in [7, 11) is 0. The van der Waals surface area contributed by atoms with Gasteiger partial charge in [-0.3, -0.25) is 4.79 Å². The van der Waals surface area contributed by atoms with Gasteiger partial charge in [-0.1, -0.05) is 6.08 Å². The molecular weight excluding hydrogens is 160 g/mol. The third-order valence-electron chi connectivity index (χ3n) is 1.23. The maximum Gasteiger partial charge on any atom is 0.334 e. The highest BCUT2D eigenvalue weighted by atomic mass is 16.5. The maximum atomic E-state index is 11.0. The number of carboxylic acids is 1. The second kappa shape index (κ2) is 5.35. The zero-order valence-corrected chi connectivity index (χ0v) is 7.16. The highest BCUT2D eigenvalue weighted by Crippen LogP contribution is 2.03. The summed E-state index contributed by atoms with van der Waals surface area (Å²) in [6.45, 7) is 3.54. The van der Waals surface area contributed by atoms with Gasteiger partial charge in [0.2, 0.25) is 0 Å². The Hall–Kier alpha value is -1.32. The molecule has 0 aliphatic heterocycles. The fourth-order valence-electron chi connectivity index (χ4n) is 0.679. The minimum Gasteiger partial charge on any atom is -0.481 e. The molecule has 12 heavy (non-hydrogen) atoms. The summed E-state index contributed by atoms with van der Waals surface area (Å²) >= 11 is 0. The summed E-state index contributed by atoms with van der Waals surface area (Å²) < 4.78 is 4.63. The molecule has 0 unspecified atom stereocenters. The molecule has 0 aromatic rings. The number of hydrogen-bond donors (Lipinski definition) is 1. The zero-order valence-electron chi connectivity index (χ0n) is 7.16. The van der Waals surface area contributed by atoms with Gasteiger partial charge in [-0.2, -0.15) is 0 Å². The van der Waals surface area contributed by atoms with Crippen molar-refractivity contribution in [3.8, 4) is 0 Å². The predicted octanol–water partition coefficient (Wildman–Crippen LogP) is 0.970. The Balaban J connectivity index is 4.17. The third-order valence-corrected chi connectivity index (χ3v) is 1.23. The van der Waals surface area contributed by atoms with Crippen LogP contribution < -0.4 is 0 Å². The number of carbonyl (C=O) groups is 2. The molecular formula is C8H12O4. The zero-order chi connectivity index (χ0) is 9.56. The molecule has 0 spiro atoms. The quantitative estimate of drug-likeness (QED) is 0.507. The molecule has 0 fully saturated rings. The Labute approximate surface area is 70.8 Å². The summed E-state index contributed by atoms with van der Waals surface area (Å²) in [5.41, 5.74) is 0.185. The first-order chi connectivity index (χ1) is 5.61. The number of carboxylic acid groups (broad SMARTS) is 1. The molecule has 0 atom stereocenters. The van der Waals surface area contributed by atoms with Crippen molar-refractivity contribution in [3.63, 3.8) is 0 Å². The molecule has 0 amide bonds. The van der Waals surface area contributed by atoms with E-state index in [4.69, 9.17) is 5.11 Å². The lowest BCUT2D eigenvalue weighted by Gasteiger charge is -2.02. The first kappa shape index (κ1) is 10.7. The number of ether oxygens (including phenoxy) is 1. The number of rotatable bonds is 4. The average Bonchev–Trinajstić information content (AvgIpc) is 2.00. The standard InChI is InChI=1S/C8H12O4/c1-3-6(5-7(9)10)8(11)12-4-2/h3H,4-5H2,1-2H3,(H,9,10). The van der Waals surface area contributed by atoms with Crippen LogP contribution in [0.2, 0.25) is 0 Å². The van der Waals surface area contributed by atoms with Crippen molar-refractivity contribution in [1.82, 2.24) is 0 Å². The molecule has 0 saturated carbocycles. The fourth-order valence-corrected chi connectivity index (χ4v) is 0.679. The number of carbonyl (C=O) groups excluding carboxylic acids is 1. The van der Waals surface area contributed by atoms with Gasteiger partial charge < -0.3 is 9.84 Å².